The lowest BCUT2D eigenvalue weighted by atomic mass is 10.1. The molecule has 0 aliphatic carbocycles. The van der Waals surface area contributed by atoms with E-state index in [-0.39, 0.29) is 5.91 Å². The van der Waals surface area contributed by atoms with E-state index in [4.69, 9.17) is 14.2 Å². The van der Waals surface area contributed by atoms with Crippen LogP contribution in [0.1, 0.15) is 54.9 Å². The second-order valence-electron chi connectivity index (χ2n) is 8.54. The fourth-order valence-electron chi connectivity index (χ4n) is 4.18. The zero-order chi connectivity index (χ0) is 22.2. The largest absolute Gasteiger partial charge is 0.494 e. The Hall–Kier alpha value is -2.73. The summed E-state index contributed by atoms with van der Waals surface area (Å²) in [6, 6.07) is 13.7. The molecule has 0 unspecified atom stereocenters. The van der Waals surface area contributed by atoms with Gasteiger partial charge in [0.25, 0.3) is 5.91 Å². The molecule has 0 atom stereocenters. The monoisotopic (exact) mass is 438 g/mol. The predicted octanol–water partition coefficient (Wildman–Crippen LogP) is 4.72. The number of carbonyl (C=O) groups is 1. The van der Waals surface area contributed by atoms with Crippen molar-refractivity contribution in [2.24, 2.45) is 0 Å². The summed E-state index contributed by atoms with van der Waals surface area (Å²) in [7, 11) is 0. The Kier molecular flexibility index (Phi) is 7.88. The van der Waals surface area contributed by atoms with E-state index in [1.54, 1.807) is 0 Å². The number of nitrogens with zero attached hydrogens (tertiary/aromatic N) is 2. The summed E-state index contributed by atoms with van der Waals surface area (Å²) in [6.07, 6.45) is 6.12. The van der Waals surface area contributed by atoms with E-state index in [9.17, 15) is 4.79 Å². The third kappa shape index (κ3) is 5.94. The number of unbranched alkanes of at least 4 members (excludes halogenated alkanes) is 4. The van der Waals surface area contributed by atoms with Crippen LogP contribution in [0, 0.1) is 0 Å². The standard InChI is InChI=1S/C26H34N2O4/c1-2-3-4-5-6-17-30-23-10-8-22(9-11-23)26(29)28-15-13-27(14-16-28)19-21-7-12-24-25(18-21)32-20-31-24/h7-12,18H,2-6,13-17,19-20H2,1H3. The zero-order valence-corrected chi connectivity index (χ0v) is 19.1. The van der Waals surface area contributed by atoms with Gasteiger partial charge in [-0.25, -0.2) is 0 Å². The van der Waals surface area contributed by atoms with Crippen molar-refractivity contribution in [3.8, 4) is 17.2 Å². The first-order chi connectivity index (χ1) is 15.7. The Balaban J connectivity index is 1.20. The maximum Gasteiger partial charge on any atom is 0.253 e. The number of carbonyl (C=O) groups excluding carboxylic acids is 1. The molecule has 1 amide bonds. The third-order valence-electron chi connectivity index (χ3n) is 6.12. The molecule has 2 aromatic carbocycles. The first-order valence-electron chi connectivity index (χ1n) is 11.9. The molecule has 0 spiro atoms. The van der Waals surface area contributed by atoms with Crippen molar-refractivity contribution in [1.29, 1.82) is 0 Å². The van der Waals surface area contributed by atoms with Gasteiger partial charge < -0.3 is 19.1 Å². The van der Waals surface area contributed by atoms with E-state index in [2.05, 4.69) is 24.0 Å². The molecule has 0 bridgehead atoms. The minimum atomic E-state index is 0.0962. The molecule has 2 aliphatic heterocycles. The minimum absolute atomic E-state index is 0.0962. The molecule has 6 nitrogen and oxygen atoms in total. The summed E-state index contributed by atoms with van der Waals surface area (Å²) in [4.78, 5) is 17.2. The van der Waals surface area contributed by atoms with E-state index in [1.807, 2.05) is 35.2 Å². The molecular weight excluding hydrogens is 404 g/mol. The smallest absolute Gasteiger partial charge is 0.253 e. The predicted molar refractivity (Wildman–Crippen MR) is 124 cm³/mol. The fraction of sp³-hybridized carbons (Fsp3) is 0.500. The Labute approximate surface area is 191 Å². The number of ether oxygens (including phenoxy) is 3. The average Bonchev–Trinajstić information content (AvgIpc) is 3.30. The van der Waals surface area contributed by atoms with Crippen LogP contribution in [0.5, 0.6) is 17.2 Å². The Morgan fingerprint density at radius 1 is 0.906 bits per heavy atom. The summed E-state index contributed by atoms with van der Waals surface area (Å²) in [5.74, 6) is 2.57. The molecule has 2 aliphatic rings. The Morgan fingerprint density at radius 3 is 2.44 bits per heavy atom. The van der Waals surface area contributed by atoms with Crippen LogP contribution in [0.25, 0.3) is 0 Å². The van der Waals surface area contributed by atoms with Crippen LogP contribution in [0.4, 0.5) is 0 Å². The Morgan fingerprint density at radius 2 is 1.66 bits per heavy atom. The van der Waals surface area contributed by atoms with Gasteiger partial charge in [-0.2, -0.15) is 0 Å². The summed E-state index contributed by atoms with van der Waals surface area (Å²) in [5.41, 5.74) is 1.93. The van der Waals surface area contributed by atoms with Crippen LogP contribution < -0.4 is 14.2 Å². The van der Waals surface area contributed by atoms with Crippen molar-refractivity contribution in [3.63, 3.8) is 0 Å². The summed E-state index contributed by atoms with van der Waals surface area (Å²) >= 11 is 0. The first-order valence-corrected chi connectivity index (χ1v) is 11.9. The van der Waals surface area contributed by atoms with Gasteiger partial charge in [-0.3, -0.25) is 9.69 Å². The van der Waals surface area contributed by atoms with Gasteiger partial charge in [0.2, 0.25) is 6.79 Å². The first kappa shape index (κ1) is 22.5. The molecule has 172 valence electrons. The number of rotatable bonds is 10. The lowest BCUT2D eigenvalue weighted by molar-refractivity contribution is 0.0628. The van der Waals surface area contributed by atoms with Crippen LogP contribution in [0.2, 0.25) is 0 Å². The zero-order valence-electron chi connectivity index (χ0n) is 19.1. The van der Waals surface area contributed by atoms with Gasteiger partial charge in [0, 0.05) is 38.3 Å². The van der Waals surface area contributed by atoms with Crippen LogP contribution in [0.3, 0.4) is 0 Å². The van der Waals surface area contributed by atoms with Crippen molar-refractivity contribution in [2.75, 3.05) is 39.6 Å². The van der Waals surface area contributed by atoms with Gasteiger partial charge >= 0.3 is 0 Å². The second-order valence-corrected chi connectivity index (χ2v) is 8.54. The highest BCUT2D eigenvalue weighted by molar-refractivity contribution is 5.94. The maximum absolute atomic E-state index is 12.9. The van der Waals surface area contributed by atoms with Crippen molar-refractivity contribution in [1.82, 2.24) is 9.80 Å². The topological polar surface area (TPSA) is 51.2 Å². The number of hydrogen-bond acceptors (Lipinski definition) is 5. The molecule has 0 aromatic heterocycles. The number of amides is 1. The molecule has 32 heavy (non-hydrogen) atoms. The van der Waals surface area contributed by atoms with Crippen LogP contribution in [0.15, 0.2) is 42.5 Å². The summed E-state index contributed by atoms with van der Waals surface area (Å²) in [6.45, 7) is 7.30. The van der Waals surface area contributed by atoms with Gasteiger partial charge in [0.1, 0.15) is 5.75 Å². The van der Waals surface area contributed by atoms with Gasteiger partial charge in [0.05, 0.1) is 6.61 Å². The SMILES string of the molecule is CCCCCCCOc1ccc(C(=O)N2CCN(Cc3ccc4c(c3)OCO4)CC2)cc1. The number of benzene rings is 2. The van der Waals surface area contributed by atoms with E-state index >= 15 is 0 Å². The van der Waals surface area contributed by atoms with Gasteiger partial charge in [-0.15, -0.1) is 0 Å². The van der Waals surface area contributed by atoms with E-state index in [0.717, 1.165) is 68.6 Å². The lowest BCUT2D eigenvalue weighted by Crippen LogP contribution is -2.48. The summed E-state index contributed by atoms with van der Waals surface area (Å²) in [5, 5.41) is 0. The highest BCUT2D eigenvalue weighted by Crippen LogP contribution is 2.32. The molecular formula is C26H34N2O4. The number of piperazine rings is 1. The van der Waals surface area contributed by atoms with Crippen molar-refractivity contribution in [3.05, 3.63) is 53.6 Å². The highest BCUT2D eigenvalue weighted by atomic mass is 16.7. The highest BCUT2D eigenvalue weighted by Gasteiger charge is 2.23. The molecule has 0 N–H and O–H groups in total. The molecule has 0 saturated carbocycles. The van der Waals surface area contributed by atoms with Crippen LogP contribution in [-0.4, -0.2) is 55.3 Å². The van der Waals surface area contributed by atoms with Crippen molar-refractivity contribution in [2.45, 2.75) is 45.6 Å². The molecule has 6 heteroatoms. The van der Waals surface area contributed by atoms with Gasteiger partial charge in [-0.1, -0.05) is 38.7 Å². The molecule has 4 rings (SSSR count). The van der Waals surface area contributed by atoms with Crippen molar-refractivity contribution >= 4 is 5.91 Å². The second kappa shape index (κ2) is 11.2. The maximum atomic E-state index is 12.9. The third-order valence-corrected chi connectivity index (χ3v) is 6.12. The molecule has 1 fully saturated rings. The van der Waals surface area contributed by atoms with E-state index < -0.39 is 0 Å². The minimum Gasteiger partial charge on any atom is -0.494 e. The van der Waals surface area contributed by atoms with Crippen molar-refractivity contribution < 1.29 is 19.0 Å². The molecule has 2 heterocycles. The lowest BCUT2D eigenvalue weighted by Gasteiger charge is -2.34. The average molecular weight is 439 g/mol. The number of fused-ring (bicyclic) bond motifs is 1. The van der Waals surface area contributed by atoms with E-state index in [0.29, 0.717) is 6.79 Å². The normalized spacial score (nSPS) is 15.7. The fourth-order valence-corrected chi connectivity index (χ4v) is 4.18. The summed E-state index contributed by atoms with van der Waals surface area (Å²) < 4.78 is 16.7. The quantitative estimate of drug-likeness (QED) is 0.502. The molecule has 2 aromatic rings. The van der Waals surface area contributed by atoms with Gasteiger partial charge in [0.15, 0.2) is 11.5 Å². The number of hydrogen-bond donors (Lipinski definition) is 0. The van der Waals surface area contributed by atoms with E-state index in [1.165, 1.54) is 31.2 Å². The van der Waals surface area contributed by atoms with Crippen LogP contribution >= 0.6 is 0 Å². The Bertz CT molecular complexity index is 876. The van der Waals surface area contributed by atoms with Gasteiger partial charge in [-0.05, 0) is 48.4 Å². The molecule has 1 saturated heterocycles. The molecule has 0 radical (unpaired) electrons. The van der Waals surface area contributed by atoms with Crippen LogP contribution in [-0.2, 0) is 6.54 Å².